The van der Waals surface area contributed by atoms with Crippen LogP contribution in [0.15, 0.2) is 37.0 Å². The van der Waals surface area contributed by atoms with E-state index in [1.807, 2.05) is 19.1 Å². The summed E-state index contributed by atoms with van der Waals surface area (Å²) < 4.78 is 0. The normalized spacial score (nSPS) is 38.6. The van der Waals surface area contributed by atoms with Crippen LogP contribution in [0.5, 0.6) is 0 Å². The fourth-order valence-corrected chi connectivity index (χ4v) is 3.73. The molecule has 2 bridgehead atoms. The van der Waals surface area contributed by atoms with Crippen molar-refractivity contribution in [1.82, 2.24) is 0 Å². The van der Waals surface area contributed by atoms with Crippen LogP contribution < -0.4 is 0 Å². The van der Waals surface area contributed by atoms with Crippen LogP contribution in [-0.2, 0) is 0 Å². The number of rotatable bonds is 2. The van der Waals surface area contributed by atoms with Gasteiger partial charge in [0.05, 0.1) is 0 Å². The predicted octanol–water partition coefficient (Wildman–Crippen LogP) is 4.75. The van der Waals surface area contributed by atoms with Crippen molar-refractivity contribution in [3.8, 4) is 0 Å². The quantitative estimate of drug-likeness (QED) is 0.584. The molecule has 0 spiro atoms. The third-order valence-corrected chi connectivity index (χ3v) is 4.46. The summed E-state index contributed by atoms with van der Waals surface area (Å²) >= 11 is 0. The van der Waals surface area contributed by atoms with Gasteiger partial charge >= 0.3 is 0 Å². The zero-order chi connectivity index (χ0) is 11.4. The molecule has 2 fully saturated rings. The molecule has 0 aromatic heterocycles. The van der Waals surface area contributed by atoms with E-state index >= 15 is 0 Å². The molecule has 16 heavy (non-hydrogen) atoms. The average Bonchev–Trinajstić information content (AvgIpc) is 2.98. The van der Waals surface area contributed by atoms with Crippen molar-refractivity contribution >= 4 is 0 Å². The molecule has 2 saturated carbocycles. The highest BCUT2D eigenvalue weighted by atomic mass is 14.5. The second-order valence-corrected chi connectivity index (χ2v) is 5.33. The van der Waals surface area contributed by atoms with Gasteiger partial charge in [-0.15, -0.1) is 6.58 Å². The van der Waals surface area contributed by atoms with Crippen LogP contribution in [0.3, 0.4) is 0 Å². The first-order valence-corrected chi connectivity index (χ1v) is 6.75. The predicted molar refractivity (Wildman–Crippen MR) is 71.2 cm³/mol. The van der Waals surface area contributed by atoms with Crippen LogP contribution in [0.2, 0.25) is 0 Å². The molecule has 0 aliphatic heterocycles. The first-order chi connectivity index (χ1) is 7.86. The fourth-order valence-electron chi connectivity index (χ4n) is 3.73. The van der Waals surface area contributed by atoms with Gasteiger partial charge in [-0.2, -0.15) is 0 Å². The van der Waals surface area contributed by atoms with Gasteiger partial charge in [-0.05, 0) is 62.7 Å². The van der Waals surface area contributed by atoms with E-state index in [9.17, 15) is 0 Å². The van der Waals surface area contributed by atoms with Crippen LogP contribution in [0.25, 0.3) is 0 Å². The van der Waals surface area contributed by atoms with Crippen molar-refractivity contribution in [3.05, 3.63) is 37.0 Å². The monoisotopic (exact) mass is 216 g/mol. The number of allylic oxidation sites excluding steroid dienone is 5. The molecular weight excluding hydrogens is 192 g/mol. The summed E-state index contributed by atoms with van der Waals surface area (Å²) in [6.07, 6.45) is 17.9. The van der Waals surface area contributed by atoms with E-state index in [1.54, 1.807) is 12.8 Å². The highest BCUT2D eigenvalue weighted by molar-refractivity contribution is 5.11. The van der Waals surface area contributed by atoms with E-state index in [4.69, 9.17) is 0 Å². The van der Waals surface area contributed by atoms with Crippen molar-refractivity contribution < 1.29 is 0 Å². The van der Waals surface area contributed by atoms with E-state index in [0.717, 1.165) is 30.1 Å². The van der Waals surface area contributed by atoms with Crippen LogP contribution >= 0.6 is 0 Å². The lowest BCUT2D eigenvalue weighted by Gasteiger charge is -2.23. The van der Waals surface area contributed by atoms with Gasteiger partial charge in [0.25, 0.3) is 0 Å². The lowest BCUT2D eigenvalue weighted by molar-refractivity contribution is 0.285. The number of hydrogen-bond acceptors (Lipinski definition) is 0. The fraction of sp³-hybridized carbons (Fsp3) is 0.625. The second-order valence-electron chi connectivity index (χ2n) is 5.33. The molecule has 3 rings (SSSR count). The third kappa shape index (κ3) is 2.31. The molecule has 0 heterocycles. The Balaban J connectivity index is 0.000000142. The van der Waals surface area contributed by atoms with Gasteiger partial charge in [-0.3, -0.25) is 0 Å². The van der Waals surface area contributed by atoms with Crippen molar-refractivity contribution in [2.24, 2.45) is 23.7 Å². The summed E-state index contributed by atoms with van der Waals surface area (Å²) in [5.74, 6) is 4.36. The molecule has 0 heteroatoms. The SMILES string of the molecule is C1=CC2C3CCC(C3)C2C1.C=CCC=CC. The Bertz CT molecular complexity index is 284. The van der Waals surface area contributed by atoms with Crippen molar-refractivity contribution in [2.75, 3.05) is 0 Å². The van der Waals surface area contributed by atoms with E-state index in [-0.39, 0.29) is 0 Å². The van der Waals surface area contributed by atoms with Gasteiger partial charge in [0.2, 0.25) is 0 Å². The van der Waals surface area contributed by atoms with E-state index < -0.39 is 0 Å². The molecule has 0 aromatic rings. The molecule has 4 atom stereocenters. The summed E-state index contributed by atoms with van der Waals surface area (Å²) in [6.45, 7) is 5.55. The van der Waals surface area contributed by atoms with Crippen LogP contribution in [0.1, 0.15) is 39.0 Å². The van der Waals surface area contributed by atoms with Gasteiger partial charge in [0.15, 0.2) is 0 Å². The van der Waals surface area contributed by atoms with Crippen molar-refractivity contribution in [1.29, 1.82) is 0 Å². The Morgan fingerprint density at radius 3 is 2.75 bits per heavy atom. The first kappa shape index (κ1) is 11.7. The zero-order valence-corrected chi connectivity index (χ0v) is 10.4. The molecule has 0 amide bonds. The maximum absolute atomic E-state index is 3.55. The van der Waals surface area contributed by atoms with Gasteiger partial charge in [0.1, 0.15) is 0 Å². The topological polar surface area (TPSA) is 0 Å². The minimum atomic E-state index is 0.997. The van der Waals surface area contributed by atoms with Gasteiger partial charge in [-0.25, -0.2) is 0 Å². The molecule has 0 nitrogen and oxygen atoms in total. The van der Waals surface area contributed by atoms with E-state index in [2.05, 4.69) is 24.8 Å². The maximum atomic E-state index is 3.55. The summed E-state index contributed by atoms with van der Waals surface area (Å²) in [4.78, 5) is 0. The van der Waals surface area contributed by atoms with Crippen LogP contribution in [0, 0.1) is 23.7 Å². The Kier molecular flexibility index (Phi) is 4.04. The molecule has 88 valence electrons. The summed E-state index contributed by atoms with van der Waals surface area (Å²) in [6, 6.07) is 0. The summed E-state index contributed by atoms with van der Waals surface area (Å²) in [5.41, 5.74) is 0. The van der Waals surface area contributed by atoms with Gasteiger partial charge < -0.3 is 0 Å². The average molecular weight is 216 g/mol. The number of fused-ring (bicyclic) bond motifs is 5. The highest BCUT2D eigenvalue weighted by Crippen LogP contribution is 2.56. The molecular formula is C16H24. The molecule has 4 unspecified atom stereocenters. The Hall–Kier alpha value is -0.780. The Labute approximate surface area is 100 Å². The smallest absolute Gasteiger partial charge is 0.0171 e. The molecule has 3 aliphatic carbocycles. The molecule has 0 aromatic carbocycles. The summed E-state index contributed by atoms with van der Waals surface area (Å²) in [5, 5.41) is 0. The molecule has 3 aliphatic rings. The van der Waals surface area contributed by atoms with E-state index in [1.165, 1.54) is 12.8 Å². The Morgan fingerprint density at radius 2 is 2.12 bits per heavy atom. The Morgan fingerprint density at radius 1 is 1.31 bits per heavy atom. The largest absolute Gasteiger partial charge is 0.103 e. The lowest BCUT2D eigenvalue weighted by Crippen LogP contribution is -2.16. The van der Waals surface area contributed by atoms with E-state index in [0.29, 0.717) is 0 Å². The minimum Gasteiger partial charge on any atom is -0.103 e. The molecule has 0 radical (unpaired) electrons. The van der Waals surface area contributed by atoms with Crippen LogP contribution in [-0.4, -0.2) is 0 Å². The minimum absolute atomic E-state index is 0.997. The first-order valence-electron chi connectivity index (χ1n) is 6.75. The lowest BCUT2D eigenvalue weighted by atomic mass is 9.82. The van der Waals surface area contributed by atoms with Gasteiger partial charge in [-0.1, -0.05) is 30.4 Å². The second kappa shape index (κ2) is 5.52. The third-order valence-electron chi connectivity index (χ3n) is 4.46. The van der Waals surface area contributed by atoms with Gasteiger partial charge in [0, 0.05) is 0 Å². The summed E-state index contributed by atoms with van der Waals surface area (Å²) in [7, 11) is 0. The zero-order valence-electron chi connectivity index (χ0n) is 10.4. The molecule has 0 N–H and O–H groups in total. The van der Waals surface area contributed by atoms with Crippen LogP contribution in [0.4, 0.5) is 0 Å². The molecule has 0 saturated heterocycles. The number of hydrogen-bond donors (Lipinski definition) is 0. The van der Waals surface area contributed by atoms with Crippen molar-refractivity contribution in [3.63, 3.8) is 0 Å². The van der Waals surface area contributed by atoms with Crippen molar-refractivity contribution in [2.45, 2.75) is 39.0 Å². The highest BCUT2D eigenvalue weighted by Gasteiger charge is 2.47. The standard InChI is InChI=1S/C10H14.C6H10/c1-2-9-7-4-5-8(6-7)10(9)3-1;1-3-5-6-4-2/h1-2,7-10H,3-6H2;3-4,6H,1,5H2,2H3. The maximum Gasteiger partial charge on any atom is -0.0171 e.